The van der Waals surface area contributed by atoms with Gasteiger partial charge in [0.1, 0.15) is 5.82 Å². The topological polar surface area (TPSA) is 49.4 Å². The molecule has 4 nitrogen and oxygen atoms in total. The van der Waals surface area contributed by atoms with Crippen LogP contribution in [-0.2, 0) is 16.1 Å². The Kier molecular flexibility index (Phi) is 5.17. The maximum absolute atomic E-state index is 12.9. The van der Waals surface area contributed by atoms with E-state index in [1.165, 1.54) is 18.6 Å². The van der Waals surface area contributed by atoms with Crippen molar-refractivity contribution in [2.75, 3.05) is 6.54 Å². The Hall–Kier alpha value is -1.91. The van der Waals surface area contributed by atoms with Crippen molar-refractivity contribution in [3.63, 3.8) is 0 Å². The summed E-state index contributed by atoms with van der Waals surface area (Å²) in [4.78, 5) is 26.9. The third kappa shape index (κ3) is 3.77. The first-order valence-electron chi connectivity index (χ1n) is 8.92. The second-order valence-electron chi connectivity index (χ2n) is 6.88. The molecule has 2 fully saturated rings. The van der Waals surface area contributed by atoms with Crippen LogP contribution in [-0.4, -0.2) is 29.3 Å². The summed E-state index contributed by atoms with van der Waals surface area (Å²) >= 11 is 0. The highest BCUT2D eigenvalue weighted by Crippen LogP contribution is 2.41. The minimum Gasteiger partial charge on any atom is -0.352 e. The molecule has 1 heterocycles. The smallest absolute Gasteiger partial charge is 0.226 e. The van der Waals surface area contributed by atoms with E-state index >= 15 is 0 Å². The zero-order chi connectivity index (χ0) is 17.1. The average molecular weight is 332 g/mol. The second-order valence-corrected chi connectivity index (χ2v) is 6.88. The molecule has 0 spiro atoms. The van der Waals surface area contributed by atoms with Crippen molar-refractivity contribution in [2.45, 2.75) is 51.6 Å². The van der Waals surface area contributed by atoms with Crippen molar-refractivity contribution in [1.82, 2.24) is 10.2 Å². The summed E-state index contributed by atoms with van der Waals surface area (Å²) in [5, 5.41) is 2.86. The molecule has 1 aliphatic carbocycles. The lowest BCUT2D eigenvalue weighted by Gasteiger charge is -2.35. The summed E-state index contributed by atoms with van der Waals surface area (Å²) in [6.45, 7) is 3.33. The first-order valence-corrected chi connectivity index (χ1v) is 8.92. The lowest BCUT2D eigenvalue weighted by Crippen LogP contribution is -2.44. The molecule has 3 rings (SSSR count). The Labute approximate surface area is 142 Å². The third-order valence-corrected chi connectivity index (χ3v) is 5.21. The lowest BCUT2D eigenvalue weighted by atomic mass is 9.99. The molecule has 5 heteroatoms. The van der Waals surface area contributed by atoms with Gasteiger partial charge < -0.3 is 10.2 Å². The molecule has 130 valence electrons. The highest BCUT2D eigenvalue weighted by Gasteiger charge is 2.50. The van der Waals surface area contributed by atoms with Crippen molar-refractivity contribution < 1.29 is 14.0 Å². The van der Waals surface area contributed by atoms with E-state index in [0.717, 1.165) is 31.4 Å². The van der Waals surface area contributed by atoms with Crippen molar-refractivity contribution in [3.05, 3.63) is 35.6 Å². The standard InChI is InChI=1S/C19H25FN2O2/c1-2-15-5-3-4-10-22(15)19(24)17-11-16(17)18(23)21-12-13-6-8-14(20)9-7-13/h6-9,15-17H,2-5,10-12H2,1H3,(H,21,23). The van der Waals surface area contributed by atoms with Crippen LogP contribution < -0.4 is 5.32 Å². The van der Waals surface area contributed by atoms with Crippen LogP contribution in [0.2, 0.25) is 0 Å². The zero-order valence-corrected chi connectivity index (χ0v) is 14.1. The van der Waals surface area contributed by atoms with E-state index in [9.17, 15) is 14.0 Å². The maximum atomic E-state index is 12.9. The number of carbonyl (C=O) groups excluding carboxylic acids is 2. The Morgan fingerprint density at radius 1 is 1.21 bits per heavy atom. The van der Waals surface area contributed by atoms with E-state index in [1.54, 1.807) is 12.1 Å². The number of nitrogens with one attached hydrogen (secondary N) is 1. The number of nitrogens with zero attached hydrogens (tertiary/aromatic N) is 1. The van der Waals surface area contributed by atoms with Gasteiger partial charge in [-0.05, 0) is 49.8 Å². The summed E-state index contributed by atoms with van der Waals surface area (Å²) in [6, 6.07) is 6.42. The van der Waals surface area contributed by atoms with Crippen LogP contribution in [0, 0.1) is 17.7 Å². The quantitative estimate of drug-likeness (QED) is 0.901. The van der Waals surface area contributed by atoms with Crippen LogP contribution in [0.1, 0.15) is 44.6 Å². The van der Waals surface area contributed by atoms with Crippen LogP contribution in [0.4, 0.5) is 4.39 Å². The molecule has 1 aromatic rings. The monoisotopic (exact) mass is 332 g/mol. The maximum Gasteiger partial charge on any atom is 0.226 e. The van der Waals surface area contributed by atoms with E-state index < -0.39 is 0 Å². The molecule has 1 saturated heterocycles. The number of rotatable bonds is 5. The molecule has 0 radical (unpaired) electrons. The molecular formula is C19H25FN2O2. The van der Waals surface area contributed by atoms with Crippen molar-refractivity contribution in [1.29, 1.82) is 0 Å². The molecule has 3 unspecified atom stereocenters. The van der Waals surface area contributed by atoms with Crippen molar-refractivity contribution >= 4 is 11.8 Å². The molecule has 0 bridgehead atoms. The van der Waals surface area contributed by atoms with Gasteiger partial charge in [-0.1, -0.05) is 19.1 Å². The first kappa shape index (κ1) is 16.9. The van der Waals surface area contributed by atoms with Gasteiger partial charge in [-0.2, -0.15) is 0 Å². The van der Waals surface area contributed by atoms with Crippen LogP contribution in [0.25, 0.3) is 0 Å². The number of benzene rings is 1. The Morgan fingerprint density at radius 2 is 1.96 bits per heavy atom. The number of carbonyl (C=O) groups is 2. The molecular weight excluding hydrogens is 307 g/mol. The SMILES string of the molecule is CCC1CCCCN1C(=O)C1CC1C(=O)NCc1ccc(F)cc1. The van der Waals surface area contributed by atoms with Gasteiger partial charge in [-0.25, -0.2) is 4.39 Å². The minimum atomic E-state index is -0.287. The van der Waals surface area contributed by atoms with Gasteiger partial charge >= 0.3 is 0 Å². The molecule has 0 aromatic heterocycles. The van der Waals surface area contributed by atoms with E-state index in [2.05, 4.69) is 12.2 Å². The zero-order valence-electron chi connectivity index (χ0n) is 14.1. The van der Waals surface area contributed by atoms with Crippen LogP contribution in [0.3, 0.4) is 0 Å². The molecule has 24 heavy (non-hydrogen) atoms. The predicted octanol–water partition coefficient (Wildman–Crippen LogP) is 2.87. The van der Waals surface area contributed by atoms with Gasteiger partial charge in [0, 0.05) is 19.1 Å². The number of halogens is 1. The van der Waals surface area contributed by atoms with E-state index in [-0.39, 0.29) is 29.5 Å². The first-order chi connectivity index (χ1) is 11.6. The Bertz CT molecular complexity index is 602. The molecule has 1 aliphatic heterocycles. The predicted molar refractivity (Wildman–Crippen MR) is 89.5 cm³/mol. The number of likely N-dealkylation sites (tertiary alicyclic amines) is 1. The molecule has 2 aliphatic rings. The fourth-order valence-corrected chi connectivity index (χ4v) is 3.61. The number of hydrogen-bond donors (Lipinski definition) is 1. The average Bonchev–Trinajstić information content (AvgIpc) is 3.41. The van der Waals surface area contributed by atoms with E-state index in [1.807, 2.05) is 4.90 Å². The molecule has 1 saturated carbocycles. The van der Waals surface area contributed by atoms with Crippen LogP contribution in [0.15, 0.2) is 24.3 Å². The summed E-state index contributed by atoms with van der Waals surface area (Å²) < 4.78 is 12.9. The van der Waals surface area contributed by atoms with Crippen LogP contribution in [0.5, 0.6) is 0 Å². The van der Waals surface area contributed by atoms with E-state index in [4.69, 9.17) is 0 Å². The van der Waals surface area contributed by atoms with Crippen molar-refractivity contribution in [3.8, 4) is 0 Å². The molecule has 3 atom stereocenters. The summed E-state index contributed by atoms with van der Waals surface area (Å²) in [6.07, 6.45) is 4.97. The van der Waals surface area contributed by atoms with Gasteiger partial charge in [0.05, 0.1) is 11.8 Å². The highest BCUT2D eigenvalue weighted by atomic mass is 19.1. The van der Waals surface area contributed by atoms with Gasteiger partial charge in [-0.15, -0.1) is 0 Å². The van der Waals surface area contributed by atoms with Crippen LogP contribution >= 0.6 is 0 Å². The lowest BCUT2D eigenvalue weighted by molar-refractivity contribution is -0.138. The number of hydrogen-bond acceptors (Lipinski definition) is 2. The Balaban J connectivity index is 1.49. The normalized spacial score (nSPS) is 26.1. The molecule has 1 aromatic carbocycles. The van der Waals surface area contributed by atoms with Gasteiger partial charge in [0.15, 0.2) is 0 Å². The summed E-state index contributed by atoms with van der Waals surface area (Å²) in [5.74, 6) is -0.543. The molecule has 2 amide bonds. The van der Waals surface area contributed by atoms with Crippen molar-refractivity contribution in [2.24, 2.45) is 11.8 Å². The fourth-order valence-electron chi connectivity index (χ4n) is 3.61. The van der Waals surface area contributed by atoms with Gasteiger partial charge in [0.25, 0.3) is 0 Å². The summed E-state index contributed by atoms with van der Waals surface area (Å²) in [5.41, 5.74) is 0.857. The largest absolute Gasteiger partial charge is 0.352 e. The number of amides is 2. The third-order valence-electron chi connectivity index (χ3n) is 5.21. The Morgan fingerprint density at radius 3 is 2.67 bits per heavy atom. The van der Waals surface area contributed by atoms with Gasteiger partial charge in [-0.3, -0.25) is 9.59 Å². The fraction of sp³-hybridized carbons (Fsp3) is 0.579. The summed E-state index contributed by atoms with van der Waals surface area (Å²) in [7, 11) is 0. The van der Waals surface area contributed by atoms with E-state index in [0.29, 0.717) is 19.0 Å². The minimum absolute atomic E-state index is 0.0669. The highest BCUT2D eigenvalue weighted by molar-refractivity contribution is 5.92. The van der Waals surface area contributed by atoms with Gasteiger partial charge in [0.2, 0.25) is 11.8 Å². The molecule has 1 N–H and O–H groups in total. The number of piperidine rings is 1. The second kappa shape index (κ2) is 7.32.